The highest BCUT2D eigenvalue weighted by atomic mass is 16.4. The first-order valence-corrected chi connectivity index (χ1v) is 6.62. The van der Waals surface area contributed by atoms with Crippen LogP contribution in [0.15, 0.2) is 18.2 Å². The number of aryl methyl sites for hydroxylation is 2. The van der Waals surface area contributed by atoms with Gasteiger partial charge in [-0.25, -0.2) is 0 Å². The number of benzene rings is 1. The van der Waals surface area contributed by atoms with Gasteiger partial charge in [0.05, 0.1) is 0 Å². The summed E-state index contributed by atoms with van der Waals surface area (Å²) >= 11 is 0. The van der Waals surface area contributed by atoms with E-state index in [9.17, 15) is 4.79 Å². The third kappa shape index (κ3) is 2.63. The maximum atomic E-state index is 10.9. The zero-order valence-electron chi connectivity index (χ0n) is 11.4. The van der Waals surface area contributed by atoms with E-state index >= 15 is 0 Å². The molecule has 4 heteroatoms. The van der Waals surface area contributed by atoms with Crippen molar-refractivity contribution in [2.45, 2.75) is 39.2 Å². The lowest BCUT2D eigenvalue weighted by Gasteiger charge is -2.09. The summed E-state index contributed by atoms with van der Waals surface area (Å²) in [5.74, 6) is -0.957. The number of nitrogens with one attached hydrogen (secondary N) is 1. The number of nitrogens with two attached hydrogens (primary N) is 1. The smallest absolute Gasteiger partial charge is 0.320 e. The van der Waals surface area contributed by atoms with E-state index in [1.54, 1.807) is 0 Å². The third-order valence-electron chi connectivity index (χ3n) is 3.49. The van der Waals surface area contributed by atoms with Gasteiger partial charge in [-0.2, -0.15) is 0 Å². The van der Waals surface area contributed by atoms with Gasteiger partial charge in [-0.1, -0.05) is 25.5 Å². The van der Waals surface area contributed by atoms with E-state index in [1.807, 2.05) is 19.1 Å². The first kappa shape index (κ1) is 13.6. The van der Waals surface area contributed by atoms with E-state index in [0.717, 1.165) is 35.0 Å². The average Bonchev–Trinajstić information content (AvgIpc) is 2.67. The van der Waals surface area contributed by atoms with Gasteiger partial charge < -0.3 is 15.8 Å². The van der Waals surface area contributed by atoms with Crippen molar-refractivity contribution >= 4 is 16.9 Å². The monoisotopic (exact) mass is 260 g/mol. The Balaban J connectivity index is 2.52. The highest BCUT2D eigenvalue weighted by Crippen LogP contribution is 2.27. The van der Waals surface area contributed by atoms with E-state index in [4.69, 9.17) is 10.8 Å². The minimum atomic E-state index is -0.957. The molecule has 0 saturated carbocycles. The Morgan fingerprint density at radius 1 is 1.47 bits per heavy atom. The number of fused-ring (bicyclic) bond motifs is 1. The summed E-state index contributed by atoms with van der Waals surface area (Å²) in [6.45, 7) is 4.11. The van der Waals surface area contributed by atoms with Gasteiger partial charge in [0.2, 0.25) is 0 Å². The normalized spacial score (nSPS) is 12.8. The summed E-state index contributed by atoms with van der Waals surface area (Å²) in [4.78, 5) is 14.3. The third-order valence-corrected chi connectivity index (χ3v) is 3.49. The molecule has 0 aliphatic rings. The second-order valence-corrected chi connectivity index (χ2v) is 4.97. The Kier molecular flexibility index (Phi) is 3.90. The van der Waals surface area contributed by atoms with Crippen LogP contribution in [0.4, 0.5) is 0 Å². The molecule has 0 saturated heterocycles. The van der Waals surface area contributed by atoms with Crippen LogP contribution in [0.5, 0.6) is 0 Å². The van der Waals surface area contributed by atoms with Crippen molar-refractivity contribution in [3.05, 3.63) is 35.0 Å². The molecule has 4 N–H and O–H groups in total. The van der Waals surface area contributed by atoms with Crippen molar-refractivity contribution in [1.82, 2.24) is 4.98 Å². The van der Waals surface area contributed by atoms with Gasteiger partial charge in [-0.15, -0.1) is 0 Å². The molecule has 0 unspecified atom stereocenters. The van der Waals surface area contributed by atoms with Crippen LogP contribution in [0.3, 0.4) is 0 Å². The lowest BCUT2D eigenvalue weighted by molar-refractivity contribution is -0.138. The molecule has 0 spiro atoms. The zero-order valence-corrected chi connectivity index (χ0v) is 11.4. The number of aromatic amines is 1. The van der Waals surface area contributed by atoms with Crippen LogP contribution in [0, 0.1) is 6.92 Å². The molecule has 2 aromatic rings. The molecule has 1 atom stereocenters. The van der Waals surface area contributed by atoms with Crippen LogP contribution >= 0.6 is 0 Å². The van der Waals surface area contributed by atoms with Gasteiger partial charge in [0.25, 0.3) is 0 Å². The number of carbonyl (C=O) groups is 1. The summed E-state index contributed by atoms with van der Waals surface area (Å²) < 4.78 is 0. The second kappa shape index (κ2) is 5.45. The topological polar surface area (TPSA) is 79.1 Å². The number of aliphatic carboxylic acids is 1. The Bertz CT molecular complexity index is 601. The van der Waals surface area contributed by atoms with Crippen molar-refractivity contribution in [3.63, 3.8) is 0 Å². The van der Waals surface area contributed by atoms with E-state index in [1.165, 1.54) is 5.56 Å². The van der Waals surface area contributed by atoms with Gasteiger partial charge in [0.15, 0.2) is 0 Å². The van der Waals surface area contributed by atoms with Crippen molar-refractivity contribution in [3.8, 4) is 0 Å². The largest absolute Gasteiger partial charge is 0.480 e. The minimum Gasteiger partial charge on any atom is -0.480 e. The van der Waals surface area contributed by atoms with E-state index < -0.39 is 12.0 Å². The molecule has 1 heterocycles. The molecule has 0 amide bonds. The van der Waals surface area contributed by atoms with Crippen LogP contribution in [-0.4, -0.2) is 22.1 Å². The summed E-state index contributed by atoms with van der Waals surface area (Å²) in [6.07, 6.45) is 2.42. The van der Waals surface area contributed by atoms with E-state index in [0.29, 0.717) is 6.42 Å². The molecule has 0 radical (unpaired) electrons. The molecule has 1 aromatic carbocycles. The molecule has 0 fully saturated rings. The fourth-order valence-electron chi connectivity index (χ4n) is 2.57. The van der Waals surface area contributed by atoms with Crippen LogP contribution in [0.1, 0.15) is 30.2 Å². The molecule has 1 aromatic heterocycles. The van der Waals surface area contributed by atoms with Gasteiger partial charge in [-0.3, -0.25) is 4.79 Å². The van der Waals surface area contributed by atoms with Crippen molar-refractivity contribution in [2.24, 2.45) is 5.73 Å². The summed E-state index contributed by atoms with van der Waals surface area (Å²) in [5, 5.41) is 10.1. The number of H-pyrrole nitrogens is 1. The number of aromatic nitrogens is 1. The fraction of sp³-hybridized carbons (Fsp3) is 0.400. The van der Waals surface area contributed by atoms with Crippen LogP contribution in [0.2, 0.25) is 0 Å². The molecule has 19 heavy (non-hydrogen) atoms. The first-order chi connectivity index (χ1) is 9.04. The maximum Gasteiger partial charge on any atom is 0.320 e. The number of hydrogen-bond acceptors (Lipinski definition) is 2. The molecule has 102 valence electrons. The molecule has 4 nitrogen and oxygen atoms in total. The SMILES string of the molecule is CCCc1cccc2[nH]c(C)c(C[C@H](N)C(=O)O)c12. The highest BCUT2D eigenvalue weighted by molar-refractivity contribution is 5.88. The Morgan fingerprint density at radius 3 is 2.84 bits per heavy atom. The minimum absolute atomic E-state index is 0.363. The molecular weight excluding hydrogens is 240 g/mol. The average molecular weight is 260 g/mol. The van der Waals surface area contributed by atoms with Crippen LogP contribution in [-0.2, 0) is 17.6 Å². The number of carboxylic acid groups (broad SMARTS) is 1. The second-order valence-electron chi connectivity index (χ2n) is 4.97. The zero-order chi connectivity index (χ0) is 14.0. The standard InChI is InChI=1S/C15H20N2O2/c1-3-5-10-6-4-7-13-14(10)11(9(2)17-13)8-12(16)15(18)19/h4,6-7,12,17H,3,5,8,16H2,1-2H3,(H,18,19)/t12-/m0/s1. The molecule has 0 aliphatic heterocycles. The maximum absolute atomic E-state index is 10.9. The Morgan fingerprint density at radius 2 is 2.21 bits per heavy atom. The van der Waals surface area contributed by atoms with Gasteiger partial charge in [-0.05, 0) is 30.5 Å². The predicted molar refractivity (Wildman–Crippen MR) is 76.3 cm³/mol. The fourth-order valence-corrected chi connectivity index (χ4v) is 2.57. The number of rotatable bonds is 5. The quantitative estimate of drug-likeness (QED) is 0.772. The highest BCUT2D eigenvalue weighted by Gasteiger charge is 2.18. The molecular formula is C15H20N2O2. The molecule has 2 rings (SSSR count). The molecule has 0 aliphatic carbocycles. The van der Waals surface area contributed by atoms with Crippen molar-refractivity contribution in [1.29, 1.82) is 0 Å². The Hall–Kier alpha value is -1.81. The molecule has 0 bridgehead atoms. The lowest BCUT2D eigenvalue weighted by Crippen LogP contribution is -2.32. The van der Waals surface area contributed by atoms with Crippen molar-refractivity contribution in [2.75, 3.05) is 0 Å². The van der Waals surface area contributed by atoms with Crippen molar-refractivity contribution < 1.29 is 9.90 Å². The van der Waals surface area contributed by atoms with E-state index in [-0.39, 0.29) is 0 Å². The lowest BCUT2D eigenvalue weighted by atomic mass is 9.97. The first-order valence-electron chi connectivity index (χ1n) is 6.62. The predicted octanol–water partition coefficient (Wildman–Crippen LogP) is 2.38. The van der Waals surface area contributed by atoms with Crippen LogP contribution in [0.25, 0.3) is 10.9 Å². The van der Waals surface area contributed by atoms with Gasteiger partial charge in [0, 0.05) is 23.0 Å². The van der Waals surface area contributed by atoms with Crippen LogP contribution < -0.4 is 5.73 Å². The Labute approximate surface area is 112 Å². The summed E-state index contributed by atoms with van der Waals surface area (Å²) in [5.41, 5.74) is 10.1. The number of carboxylic acids is 1. The summed E-state index contributed by atoms with van der Waals surface area (Å²) in [7, 11) is 0. The van der Waals surface area contributed by atoms with E-state index in [2.05, 4.69) is 18.0 Å². The van der Waals surface area contributed by atoms with Gasteiger partial charge >= 0.3 is 5.97 Å². The summed E-state index contributed by atoms with van der Waals surface area (Å²) in [6, 6.07) is 5.31. The number of hydrogen-bond donors (Lipinski definition) is 3. The van der Waals surface area contributed by atoms with Gasteiger partial charge in [0.1, 0.15) is 6.04 Å².